The van der Waals surface area contributed by atoms with E-state index in [2.05, 4.69) is 45.0 Å². The summed E-state index contributed by atoms with van der Waals surface area (Å²) in [6, 6.07) is 29.4. The van der Waals surface area contributed by atoms with Crippen LogP contribution in [0.5, 0.6) is 0 Å². The first kappa shape index (κ1) is 33.0. The average molecular weight is 609 g/mol. The number of aliphatic hydroxyl groups excluding tert-OH is 1. The first-order chi connectivity index (χ1) is 20.7. The first-order valence-electron chi connectivity index (χ1n) is 14.6. The molecule has 0 spiro atoms. The van der Waals surface area contributed by atoms with Crippen LogP contribution in [0.25, 0.3) is 0 Å². The maximum atomic E-state index is 13.3. The fourth-order valence-corrected chi connectivity index (χ4v) is 10.6. The van der Waals surface area contributed by atoms with Gasteiger partial charge in [-0.1, -0.05) is 99.6 Å². The molecule has 0 bridgehead atoms. The zero-order chi connectivity index (χ0) is 30.9. The maximum Gasteiger partial charge on any atom is 0.338 e. The number of esters is 1. The highest BCUT2D eigenvalue weighted by atomic mass is 28.4. The standard InChI is InChI=1S/C34H44O8Si/c1-34(2,3)43(27-17-11-7-12-18-27,28-19-13-8-14-20-28)41-22-26-21-29(39-23-37-4)32(40-24-38-5)30(35)31(26)42-33(36)25-15-9-6-10-16-25/h6-20,26,29-32,35H,21-24H2,1-5H3/t26-,29-,30+,31+,32-/m1/s1. The number of carbonyl (C=O) groups excluding carboxylic acids is 1. The second-order valence-electron chi connectivity index (χ2n) is 11.8. The van der Waals surface area contributed by atoms with E-state index in [0.29, 0.717) is 12.0 Å². The van der Waals surface area contributed by atoms with E-state index in [0.717, 1.165) is 10.4 Å². The van der Waals surface area contributed by atoms with Crippen LogP contribution in [0.1, 0.15) is 37.6 Å². The number of rotatable bonds is 13. The van der Waals surface area contributed by atoms with Crippen LogP contribution in [0.3, 0.4) is 0 Å². The van der Waals surface area contributed by atoms with Gasteiger partial charge in [0, 0.05) is 26.7 Å². The predicted molar refractivity (Wildman–Crippen MR) is 167 cm³/mol. The summed E-state index contributed by atoms with van der Waals surface area (Å²) in [7, 11) is 0.135. The zero-order valence-electron chi connectivity index (χ0n) is 25.7. The lowest BCUT2D eigenvalue weighted by molar-refractivity contribution is -0.231. The summed E-state index contributed by atoms with van der Waals surface area (Å²) in [6.45, 7) is 6.81. The fraction of sp³-hybridized carbons (Fsp3) is 0.441. The van der Waals surface area contributed by atoms with Gasteiger partial charge in [-0.3, -0.25) is 0 Å². The van der Waals surface area contributed by atoms with Crippen LogP contribution in [0.4, 0.5) is 0 Å². The third kappa shape index (κ3) is 7.61. The quantitative estimate of drug-likeness (QED) is 0.176. The molecule has 1 aliphatic rings. The lowest BCUT2D eigenvalue weighted by atomic mass is 9.80. The van der Waals surface area contributed by atoms with Gasteiger partial charge in [0.15, 0.2) is 0 Å². The molecule has 0 aliphatic heterocycles. The smallest absolute Gasteiger partial charge is 0.338 e. The first-order valence-corrected chi connectivity index (χ1v) is 16.5. The Morgan fingerprint density at radius 2 is 1.30 bits per heavy atom. The second kappa shape index (κ2) is 15.2. The Hall–Kier alpha value is -2.89. The monoisotopic (exact) mass is 608 g/mol. The van der Waals surface area contributed by atoms with E-state index in [-0.39, 0.29) is 25.2 Å². The maximum absolute atomic E-state index is 13.3. The van der Waals surface area contributed by atoms with Crippen molar-refractivity contribution in [3.63, 3.8) is 0 Å². The molecule has 0 heterocycles. The Labute approximate surface area is 256 Å². The number of hydrogen-bond donors (Lipinski definition) is 1. The van der Waals surface area contributed by atoms with Gasteiger partial charge >= 0.3 is 5.97 Å². The summed E-state index contributed by atoms with van der Waals surface area (Å²) in [6.07, 6.45) is -3.08. The van der Waals surface area contributed by atoms with E-state index < -0.39 is 44.6 Å². The van der Waals surface area contributed by atoms with E-state index in [1.807, 2.05) is 42.5 Å². The van der Waals surface area contributed by atoms with Crippen molar-refractivity contribution in [2.75, 3.05) is 34.4 Å². The van der Waals surface area contributed by atoms with Crippen LogP contribution in [0, 0.1) is 5.92 Å². The highest BCUT2D eigenvalue weighted by molar-refractivity contribution is 6.99. The van der Waals surface area contributed by atoms with E-state index in [1.165, 1.54) is 14.2 Å². The molecule has 1 saturated carbocycles. The Morgan fingerprint density at radius 3 is 1.81 bits per heavy atom. The van der Waals surface area contributed by atoms with Crippen molar-refractivity contribution >= 4 is 24.7 Å². The molecular weight excluding hydrogens is 564 g/mol. The SMILES string of the molecule is COCO[C@H]1[C@@H](O)[C@@H](OC(=O)c2ccccc2)[C@@H](CO[Si](c2ccccc2)(c2ccccc2)C(C)(C)C)C[C@H]1OCOC. The molecule has 43 heavy (non-hydrogen) atoms. The summed E-state index contributed by atoms with van der Waals surface area (Å²) in [5.74, 6) is -0.935. The Kier molecular flexibility index (Phi) is 11.7. The normalized spacial score (nSPS) is 22.7. The van der Waals surface area contributed by atoms with Crippen molar-refractivity contribution in [1.82, 2.24) is 0 Å². The van der Waals surface area contributed by atoms with Gasteiger partial charge < -0.3 is 33.2 Å². The molecule has 3 aromatic carbocycles. The van der Waals surface area contributed by atoms with Gasteiger partial charge in [0.05, 0.1) is 11.7 Å². The molecule has 5 atom stereocenters. The van der Waals surface area contributed by atoms with Crippen LogP contribution >= 0.6 is 0 Å². The molecule has 4 rings (SSSR count). The van der Waals surface area contributed by atoms with Crippen molar-refractivity contribution < 1.29 is 38.0 Å². The second-order valence-corrected chi connectivity index (χ2v) is 16.2. The molecule has 1 N–H and O–H groups in total. The number of ether oxygens (including phenoxy) is 5. The number of carbonyl (C=O) groups is 1. The largest absolute Gasteiger partial charge is 0.456 e. The minimum absolute atomic E-state index is 0.0149. The van der Waals surface area contributed by atoms with Gasteiger partial charge in [-0.05, 0) is 34.0 Å². The lowest BCUT2D eigenvalue weighted by Crippen LogP contribution is -2.67. The van der Waals surface area contributed by atoms with Gasteiger partial charge in [0.1, 0.15) is 31.9 Å². The lowest BCUT2D eigenvalue weighted by Gasteiger charge is -2.47. The Morgan fingerprint density at radius 1 is 0.791 bits per heavy atom. The van der Waals surface area contributed by atoms with Gasteiger partial charge in [-0.2, -0.15) is 0 Å². The molecule has 0 saturated heterocycles. The molecule has 232 valence electrons. The number of hydrogen-bond acceptors (Lipinski definition) is 8. The zero-order valence-corrected chi connectivity index (χ0v) is 26.7. The summed E-state index contributed by atoms with van der Waals surface area (Å²) in [4.78, 5) is 13.3. The van der Waals surface area contributed by atoms with E-state index in [1.54, 1.807) is 24.3 Å². The topological polar surface area (TPSA) is 92.7 Å². The minimum atomic E-state index is -2.91. The van der Waals surface area contributed by atoms with Crippen molar-refractivity contribution in [2.24, 2.45) is 5.92 Å². The summed E-state index contributed by atoms with van der Waals surface area (Å²) in [5, 5.41) is 13.7. The van der Waals surface area contributed by atoms with E-state index in [9.17, 15) is 9.90 Å². The van der Waals surface area contributed by atoms with Gasteiger partial charge in [0.25, 0.3) is 8.32 Å². The average Bonchev–Trinajstić information content (AvgIpc) is 3.02. The molecule has 0 aromatic heterocycles. The molecular formula is C34H44O8Si. The summed E-state index contributed by atoms with van der Waals surface area (Å²) < 4.78 is 35.5. The molecule has 0 radical (unpaired) electrons. The van der Waals surface area contributed by atoms with Crippen LogP contribution in [-0.4, -0.2) is 78.2 Å². The van der Waals surface area contributed by atoms with Crippen LogP contribution in [-0.2, 0) is 28.1 Å². The van der Waals surface area contributed by atoms with E-state index in [4.69, 9.17) is 28.1 Å². The molecule has 1 fully saturated rings. The fourth-order valence-electron chi connectivity index (χ4n) is 6.01. The van der Waals surface area contributed by atoms with Crippen molar-refractivity contribution in [3.8, 4) is 0 Å². The van der Waals surface area contributed by atoms with Crippen LogP contribution in [0.2, 0.25) is 5.04 Å². The highest BCUT2D eigenvalue weighted by Gasteiger charge is 2.53. The number of aliphatic hydroxyl groups is 1. The van der Waals surface area contributed by atoms with Gasteiger partial charge in [0.2, 0.25) is 0 Å². The van der Waals surface area contributed by atoms with Gasteiger partial charge in [-0.15, -0.1) is 0 Å². The van der Waals surface area contributed by atoms with E-state index >= 15 is 0 Å². The van der Waals surface area contributed by atoms with Crippen molar-refractivity contribution in [2.45, 2.75) is 56.6 Å². The Balaban J connectivity index is 1.73. The molecule has 8 nitrogen and oxygen atoms in total. The minimum Gasteiger partial charge on any atom is -0.456 e. The highest BCUT2D eigenvalue weighted by Crippen LogP contribution is 2.39. The third-order valence-electron chi connectivity index (χ3n) is 8.00. The number of benzene rings is 3. The summed E-state index contributed by atoms with van der Waals surface area (Å²) in [5.41, 5.74) is 0.397. The molecule has 1 aliphatic carbocycles. The van der Waals surface area contributed by atoms with Crippen LogP contribution in [0.15, 0.2) is 91.0 Å². The Bertz CT molecular complexity index is 1210. The number of methoxy groups -OCH3 is 2. The molecule has 0 amide bonds. The molecule has 0 unspecified atom stereocenters. The van der Waals surface area contributed by atoms with Crippen LogP contribution < -0.4 is 10.4 Å². The summed E-state index contributed by atoms with van der Waals surface area (Å²) >= 11 is 0. The molecule has 9 heteroatoms. The van der Waals surface area contributed by atoms with Crippen molar-refractivity contribution in [1.29, 1.82) is 0 Å². The van der Waals surface area contributed by atoms with Crippen molar-refractivity contribution in [3.05, 3.63) is 96.6 Å². The third-order valence-corrected chi connectivity index (χ3v) is 13.0. The molecule has 3 aromatic rings. The van der Waals surface area contributed by atoms with Gasteiger partial charge in [-0.25, -0.2) is 4.79 Å². The predicted octanol–water partition coefficient (Wildman–Crippen LogP) is 4.15.